The molecule has 124 valence electrons. The summed E-state index contributed by atoms with van der Waals surface area (Å²) in [6, 6.07) is 6.81. The Labute approximate surface area is 128 Å². The number of alkyl halides is 3. The standard InChI is InChI=1S/C16H21F3O3/c1-3-4-5-9-12-22-14(20)15(21-2,16(17,18)19)13-10-7-6-8-11-13/h6-8,10-11H,3-5,9,12H2,1-2H3/t15-/m0/s1. The zero-order valence-corrected chi connectivity index (χ0v) is 12.8. The van der Waals surface area contributed by atoms with Gasteiger partial charge in [-0.05, 0) is 6.42 Å². The fourth-order valence-electron chi connectivity index (χ4n) is 2.18. The first-order valence-electron chi connectivity index (χ1n) is 7.24. The van der Waals surface area contributed by atoms with E-state index in [2.05, 4.69) is 4.74 Å². The highest BCUT2D eigenvalue weighted by molar-refractivity contribution is 5.82. The van der Waals surface area contributed by atoms with Crippen LogP contribution >= 0.6 is 0 Å². The molecule has 1 aromatic rings. The maximum Gasteiger partial charge on any atom is 0.432 e. The second-order valence-corrected chi connectivity index (χ2v) is 4.95. The van der Waals surface area contributed by atoms with Gasteiger partial charge in [0.2, 0.25) is 0 Å². The molecule has 0 bridgehead atoms. The highest BCUT2D eigenvalue weighted by Gasteiger charge is 2.64. The molecule has 0 amide bonds. The van der Waals surface area contributed by atoms with Gasteiger partial charge >= 0.3 is 12.1 Å². The zero-order valence-electron chi connectivity index (χ0n) is 12.8. The second kappa shape index (κ2) is 8.17. The molecule has 3 nitrogen and oxygen atoms in total. The van der Waals surface area contributed by atoms with Crippen LogP contribution in [0, 0.1) is 0 Å². The molecule has 0 aliphatic heterocycles. The maximum atomic E-state index is 13.5. The van der Waals surface area contributed by atoms with Gasteiger partial charge in [-0.2, -0.15) is 13.2 Å². The van der Waals surface area contributed by atoms with Crippen molar-refractivity contribution in [2.24, 2.45) is 0 Å². The van der Waals surface area contributed by atoms with Crippen molar-refractivity contribution in [3.63, 3.8) is 0 Å². The molecule has 0 radical (unpaired) electrons. The molecule has 22 heavy (non-hydrogen) atoms. The largest absolute Gasteiger partial charge is 0.463 e. The van der Waals surface area contributed by atoms with Crippen molar-refractivity contribution in [1.29, 1.82) is 0 Å². The average molecular weight is 318 g/mol. The van der Waals surface area contributed by atoms with E-state index >= 15 is 0 Å². The number of carbonyl (C=O) groups excluding carboxylic acids is 1. The van der Waals surface area contributed by atoms with Crippen molar-refractivity contribution < 1.29 is 27.4 Å². The zero-order chi connectivity index (χ0) is 16.6. The van der Waals surface area contributed by atoms with Crippen LogP contribution in [-0.4, -0.2) is 25.9 Å². The number of benzene rings is 1. The molecular formula is C16H21F3O3. The molecule has 0 unspecified atom stereocenters. The monoisotopic (exact) mass is 318 g/mol. The highest BCUT2D eigenvalue weighted by Crippen LogP contribution is 2.42. The summed E-state index contributed by atoms with van der Waals surface area (Å²) in [6.45, 7) is 1.97. The summed E-state index contributed by atoms with van der Waals surface area (Å²) in [5.41, 5.74) is -3.37. The van der Waals surface area contributed by atoms with Crippen LogP contribution in [0.5, 0.6) is 0 Å². The fraction of sp³-hybridized carbons (Fsp3) is 0.562. The molecule has 1 aromatic carbocycles. The van der Waals surface area contributed by atoms with Crippen molar-refractivity contribution >= 4 is 5.97 Å². The summed E-state index contributed by atoms with van der Waals surface area (Å²) in [7, 11) is 0.860. The van der Waals surface area contributed by atoms with E-state index in [9.17, 15) is 18.0 Å². The Kier molecular flexibility index (Phi) is 6.87. The van der Waals surface area contributed by atoms with Crippen molar-refractivity contribution in [1.82, 2.24) is 0 Å². The number of ether oxygens (including phenoxy) is 2. The van der Waals surface area contributed by atoms with Gasteiger partial charge in [0.05, 0.1) is 6.61 Å². The van der Waals surface area contributed by atoms with E-state index in [4.69, 9.17) is 4.74 Å². The van der Waals surface area contributed by atoms with Crippen LogP contribution in [0.3, 0.4) is 0 Å². The van der Waals surface area contributed by atoms with Crippen LogP contribution in [0.15, 0.2) is 30.3 Å². The Morgan fingerprint density at radius 2 is 1.73 bits per heavy atom. The lowest BCUT2D eigenvalue weighted by Gasteiger charge is -2.32. The van der Waals surface area contributed by atoms with Crippen LogP contribution in [0.4, 0.5) is 13.2 Å². The van der Waals surface area contributed by atoms with Crippen LogP contribution in [0.1, 0.15) is 38.2 Å². The number of rotatable bonds is 8. The Balaban J connectivity index is 2.94. The van der Waals surface area contributed by atoms with E-state index in [1.807, 2.05) is 6.92 Å². The molecular weight excluding hydrogens is 297 g/mol. The lowest BCUT2D eigenvalue weighted by Crippen LogP contribution is -2.51. The van der Waals surface area contributed by atoms with Crippen LogP contribution in [0.2, 0.25) is 0 Å². The van der Waals surface area contributed by atoms with E-state index in [0.29, 0.717) is 6.42 Å². The molecule has 1 atom stereocenters. The van der Waals surface area contributed by atoms with E-state index in [0.717, 1.165) is 26.4 Å². The van der Waals surface area contributed by atoms with Crippen LogP contribution < -0.4 is 0 Å². The molecule has 0 heterocycles. The fourth-order valence-corrected chi connectivity index (χ4v) is 2.18. The van der Waals surface area contributed by atoms with E-state index < -0.39 is 17.7 Å². The van der Waals surface area contributed by atoms with Gasteiger partial charge in [-0.25, -0.2) is 4.79 Å². The number of hydrogen-bond donors (Lipinski definition) is 0. The lowest BCUT2D eigenvalue weighted by molar-refractivity contribution is -0.276. The predicted octanol–water partition coefficient (Wildman–Crippen LogP) is 4.21. The van der Waals surface area contributed by atoms with Gasteiger partial charge in [0.15, 0.2) is 0 Å². The number of methoxy groups -OCH3 is 1. The van der Waals surface area contributed by atoms with Gasteiger partial charge in [0, 0.05) is 12.7 Å². The van der Waals surface area contributed by atoms with Crippen LogP contribution in [0.25, 0.3) is 0 Å². The minimum Gasteiger partial charge on any atom is -0.463 e. The number of esters is 1. The second-order valence-electron chi connectivity index (χ2n) is 4.95. The highest BCUT2D eigenvalue weighted by atomic mass is 19.4. The Morgan fingerprint density at radius 3 is 2.23 bits per heavy atom. The first-order valence-corrected chi connectivity index (χ1v) is 7.24. The first kappa shape index (κ1) is 18.5. The van der Waals surface area contributed by atoms with Crippen LogP contribution in [-0.2, 0) is 19.9 Å². The number of carbonyl (C=O) groups is 1. The van der Waals surface area contributed by atoms with E-state index in [1.165, 1.54) is 24.3 Å². The van der Waals surface area contributed by atoms with Crippen molar-refractivity contribution in [2.75, 3.05) is 13.7 Å². The Hall–Kier alpha value is -1.56. The molecule has 0 saturated heterocycles. The van der Waals surface area contributed by atoms with Crippen molar-refractivity contribution in [3.8, 4) is 0 Å². The summed E-state index contributed by atoms with van der Waals surface area (Å²) < 4.78 is 50.0. The summed E-state index contributed by atoms with van der Waals surface area (Å²) in [5.74, 6) is -1.43. The molecule has 0 aromatic heterocycles. The third-order valence-electron chi connectivity index (χ3n) is 3.40. The lowest BCUT2D eigenvalue weighted by atomic mass is 9.93. The topological polar surface area (TPSA) is 35.5 Å². The summed E-state index contributed by atoms with van der Waals surface area (Å²) >= 11 is 0. The predicted molar refractivity (Wildman–Crippen MR) is 76.3 cm³/mol. The minimum absolute atomic E-state index is 0.0488. The van der Waals surface area contributed by atoms with Gasteiger partial charge in [-0.15, -0.1) is 0 Å². The number of halogens is 3. The quantitative estimate of drug-likeness (QED) is 0.532. The smallest absolute Gasteiger partial charge is 0.432 e. The van der Waals surface area contributed by atoms with Gasteiger partial charge in [0.1, 0.15) is 0 Å². The third-order valence-corrected chi connectivity index (χ3v) is 3.40. The van der Waals surface area contributed by atoms with Gasteiger partial charge < -0.3 is 9.47 Å². The first-order chi connectivity index (χ1) is 10.4. The van der Waals surface area contributed by atoms with Crippen molar-refractivity contribution in [3.05, 3.63) is 35.9 Å². The summed E-state index contributed by atoms with van der Waals surface area (Å²) in [4.78, 5) is 12.1. The molecule has 0 aliphatic carbocycles. The number of hydrogen-bond acceptors (Lipinski definition) is 3. The van der Waals surface area contributed by atoms with Crippen molar-refractivity contribution in [2.45, 2.75) is 44.4 Å². The molecule has 0 saturated carbocycles. The van der Waals surface area contributed by atoms with Gasteiger partial charge in [-0.1, -0.05) is 56.5 Å². The van der Waals surface area contributed by atoms with E-state index in [-0.39, 0.29) is 12.2 Å². The molecule has 0 spiro atoms. The molecule has 0 aliphatic rings. The maximum absolute atomic E-state index is 13.5. The van der Waals surface area contributed by atoms with Gasteiger partial charge in [-0.3, -0.25) is 0 Å². The third kappa shape index (κ3) is 4.00. The molecule has 0 fully saturated rings. The van der Waals surface area contributed by atoms with Gasteiger partial charge in [0.25, 0.3) is 5.60 Å². The Morgan fingerprint density at radius 1 is 1.09 bits per heavy atom. The molecule has 6 heteroatoms. The summed E-state index contributed by atoms with van der Waals surface area (Å²) in [6.07, 6.45) is -1.63. The average Bonchev–Trinajstić information content (AvgIpc) is 2.48. The SMILES string of the molecule is CCCCCCOC(=O)[C@@](OC)(c1ccccc1)C(F)(F)F. The summed E-state index contributed by atoms with van der Waals surface area (Å²) in [5, 5.41) is 0. The Bertz CT molecular complexity index is 459. The normalized spacial score (nSPS) is 14.4. The van der Waals surface area contributed by atoms with E-state index in [1.54, 1.807) is 6.07 Å². The minimum atomic E-state index is -4.91. The molecule has 0 N–H and O–H groups in total. The molecule has 1 rings (SSSR count). The number of unbranched alkanes of at least 4 members (excludes halogenated alkanes) is 3.